The maximum absolute atomic E-state index is 12.4. The van der Waals surface area contributed by atoms with Crippen molar-refractivity contribution in [2.45, 2.75) is 31.7 Å². The lowest BCUT2D eigenvalue weighted by molar-refractivity contribution is 0.0903. The van der Waals surface area contributed by atoms with Crippen LogP contribution in [0.1, 0.15) is 36.2 Å². The molecule has 0 saturated heterocycles. The number of carbonyl (C=O) groups is 1. The van der Waals surface area contributed by atoms with E-state index in [9.17, 15) is 4.79 Å². The van der Waals surface area contributed by atoms with Gasteiger partial charge in [0, 0.05) is 25.0 Å². The normalized spacial score (nSPS) is 20.0. The van der Waals surface area contributed by atoms with E-state index in [-0.39, 0.29) is 11.9 Å². The van der Waals surface area contributed by atoms with Crippen molar-refractivity contribution in [2.75, 3.05) is 11.9 Å². The number of fused-ring (bicyclic) bond motifs is 1. The van der Waals surface area contributed by atoms with Gasteiger partial charge < -0.3 is 15.6 Å². The molecule has 3 N–H and O–H groups in total. The summed E-state index contributed by atoms with van der Waals surface area (Å²) in [7, 11) is 0. The Hall–Kier alpha value is -3.03. The summed E-state index contributed by atoms with van der Waals surface area (Å²) in [5.41, 5.74) is 1.17. The minimum Gasteiger partial charge on any atom is -0.369 e. The molecule has 1 aliphatic carbocycles. The van der Waals surface area contributed by atoms with Crippen LogP contribution in [0.3, 0.4) is 0 Å². The molecule has 1 fully saturated rings. The summed E-state index contributed by atoms with van der Waals surface area (Å²) in [6, 6.07) is 5.49. The Labute approximate surface area is 150 Å². The van der Waals surface area contributed by atoms with Gasteiger partial charge in [-0.3, -0.25) is 4.79 Å². The van der Waals surface area contributed by atoms with E-state index in [0.29, 0.717) is 11.6 Å². The molecule has 2 atom stereocenters. The van der Waals surface area contributed by atoms with Gasteiger partial charge in [-0.15, -0.1) is 5.10 Å². The van der Waals surface area contributed by atoms with Gasteiger partial charge in [0.05, 0.1) is 5.39 Å². The number of rotatable bonds is 5. The molecule has 3 aromatic rings. The predicted octanol–water partition coefficient (Wildman–Crippen LogP) is 2.15. The van der Waals surface area contributed by atoms with Crippen LogP contribution in [0.25, 0.3) is 11.0 Å². The van der Waals surface area contributed by atoms with Gasteiger partial charge in [0.15, 0.2) is 5.69 Å². The fraction of sp³-hybridized carbons (Fsp3) is 0.389. The average molecular weight is 351 g/mol. The summed E-state index contributed by atoms with van der Waals surface area (Å²) in [4.78, 5) is 24.1. The maximum atomic E-state index is 12.4. The Morgan fingerprint density at radius 3 is 3.04 bits per heavy atom. The van der Waals surface area contributed by atoms with E-state index in [2.05, 4.69) is 35.8 Å². The smallest absolute Gasteiger partial charge is 0.272 e. The third-order valence-electron chi connectivity index (χ3n) is 4.92. The Balaban J connectivity index is 1.42. The molecule has 2 unspecified atom stereocenters. The number of hydrogen-bond donors (Lipinski definition) is 3. The average Bonchev–Trinajstić information content (AvgIpc) is 3.17. The van der Waals surface area contributed by atoms with E-state index in [1.165, 1.54) is 6.42 Å². The molecular formula is C18H21N7O. The second kappa shape index (κ2) is 7.47. The van der Waals surface area contributed by atoms with Crippen LogP contribution in [0.15, 0.2) is 36.9 Å². The van der Waals surface area contributed by atoms with E-state index in [1.807, 2.05) is 12.3 Å². The maximum Gasteiger partial charge on any atom is 0.272 e. The van der Waals surface area contributed by atoms with Crippen molar-refractivity contribution in [1.82, 2.24) is 30.5 Å². The zero-order valence-corrected chi connectivity index (χ0v) is 14.4. The van der Waals surface area contributed by atoms with Gasteiger partial charge in [-0.1, -0.05) is 12.8 Å². The summed E-state index contributed by atoms with van der Waals surface area (Å²) in [5, 5.41) is 15.2. The molecule has 134 valence electrons. The number of aromatic nitrogens is 5. The second-order valence-corrected chi connectivity index (χ2v) is 6.58. The Bertz CT molecular complexity index is 879. The lowest BCUT2D eigenvalue weighted by Crippen LogP contribution is -2.44. The highest BCUT2D eigenvalue weighted by Gasteiger charge is 2.27. The number of aromatic amines is 1. The van der Waals surface area contributed by atoms with Gasteiger partial charge in [-0.25, -0.2) is 9.97 Å². The summed E-state index contributed by atoms with van der Waals surface area (Å²) < 4.78 is 0. The zero-order chi connectivity index (χ0) is 17.8. The van der Waals surface area contributed by atoms with Crippen LogP contribution in [0, 0.1) is 5.92 Å². The first-order valence-electron chi connectivity index (χ1n) is 8.92. The topological polar surface area (TPSA) is 108 Å². The first-order chi connectivity index (χ1) is 12.8. The number of nitrogens with zero attached hydrogens (tertiary/aromatic N) is 4. The molecule has 1 saturated carbocycles. The standard InChI is InChI=1S/C18H21N7O/c26-18(15-6-3-8-23-25-15)24-14-5-2-1-4-12(14)10-20-17-13-7-9-19-16(13)21-11-22-17/h3,6-9,11-12,14H,1-2,4-5,10H2,(H,24,26)(H2,19,20,21,22). The van der Waals surface area contributed by atoms with Crippen molar-refractivity contribution < 1.29 is 4.79 Å². The van der Waals surface area contributed by atoms with Crippen LogP contribution >= 0.6 is 0 Å². The fourth-order valence-electron chi connectivity index (χ4n) is 3.55. The molecule has 3 heterocycles. The highest BCUT2D eigenvalue weighted by Crippen LogP contribution is 2.26. The van der Waals surface area contributed by atoms with Gasteiger partial charge in [0.2, 0.25) is 0 Å². The minimum atomic E-state index is -0.162. The molecule has 8 nitrogen and oxygen atoms in total. The second-order valence-electron chi connectivity index (χ2n) is 6.58. The van der Waals surface area contributed by atoms with Crippen LogP contribution in [-0.2, 0) is 0 Å². The van der Waals surface area contributed by atoms with Gasteiger partial charge in [0.1, 0.15) is 17.8 Å². The fourth-order valence-corrected chi connectivity index (χ4v) is 3.55. The Kier molecular flexibility index (Phi) is 4.72. The van der Waals surface area contributed by atoms with Gasteiger partial charge in [-0.05, 0) is 37.0 Å². The van der Waals surface area contributed by atoms with Crippen LogP contribution < -0.4 is 10.6 Å². The van der Waals surface area contributed by atoms with Crippen LogP contribution in [0.4, 0.5) is 5.82 Å². The molecule has 0 spiro atoms. The molecule has 26 heavy (non-hydrogen) atoms. The van der Waals surface area contributed by atoms with E-state index in [1.54, 1.807) is 24.7 Å². The van der Waals surface area contributed by atoms with Crippen molar-refractivity contribution in [3.63, 3.8) is 0 Å². The Morgan fingerprint density at radius 2 is 2.15 bits per heavy atom. The molecule has 1 amide bonds. The number of amides is 1. The van der Waals surface area contributed by atoms with Crippen molar-refractivity contribution in [3.8, 4) is 0 Å². The largest absolute Gasteiger partial charge is 0.369 e. The van der Waals surface area contributed by atoms with Crippen molar-refractivity contribution in [3.05, 3.63) is 42.6 Å². The molecule has 4 rings (SSSR count). The first-order valence-corrected chi connectivity index (χ1v) is 8.92. The van der Waals surface area contributed by atoms with Crippen molar-refractivity contribution >= 4 is 22.8 Å². The van der Waals surface area contributed by atoms with Gasteiger partial charge >= 0.3 is 0 Å². The van der Waals surface area contributed by atoms with Gasteiger partial charge in [0.25, 0.3) is 5.91 Å². The number of carbonyl (C=O) groups excluding carboxylic acids is 1. The molecule has 0 aliphatic heterocycles. The van der Waals surface area contributed by atoms with Crippen molar-refractivity contribution in [2.24, 2.45) is 5.92 Å². The summed E-state index contributed by atoms with van der Waals surface area (Å²) in [5.74, 6) is 0.999. The third-order valence-corrected chi connectivity index (χ3v) is 4.92. The monoisotopic (exact) mass is 351 g/mol. The molecule has 1 aliphatic rings. The van der Waals surface area contributed by atoms with Crippen LogP contribution in [0.5, 0.6) is 0 Å². The number of H-pyrrole nitrogens is 1. The number of hydrogen-bond acceptors (Lipinski definition) is 6. The first kappa shape index (κ1) is 16.4. The quantitative estimate of drug-likeness (QED) is 0.650. The molecule has 0 bridgehead atoms. The predicted molar refractivity (Wildman–Crippen MR) is 97.6 cm³/mol. The molecule has 0 aromatic carbocycles. The zero-order valence-electron chi connectivity index (χ0n) is 14.4. The lowest BCUT2D eigenvalue weighted by atomic mass is 9.84. The molecule has 0 radical (unpaired) electrons. The van der Waals surface area contributed by atoms with E-state index in [4.69, 9.17) is 0 Å². The van der Waals surface area contributed by atoms with Crippen molar-refractivity contribution in [1.29, 1.82) is 0 Å². The van der Waals surface area contributed by atoms with E-state index < -0.39 is 0 Å². The molecule has 3 aromatic heterocycles. The highest BCUT2D eigenvalue weighted by atomic mass is 16.2. The number of nitrogens with one attached hydrogen (secondary N) is 3. The third kappa shape index (κ3) is 3.49. The molecule has 8 heteroatoms. The van der Waals surface area contributed by atoms with Gasteiger partial charge in [-0.2, -0.15) is 5.10 Å². The minimum absolute atomic E-state index is 0.120. The SMILES string of the molecule is O=C(NC1CCCCC1CNc1ncnc2[nH]ccc12)c1cccnn1. The number of anilines is 1. The van der Waals surface area contributed by atoms with Crippen LogP contribution in [0.2, 0.25) is 0 Å². The summed E-state index contributed by atoms with van der Waals surface area (Å²) in [6.45, 7) is 0.753. The van der Waals surface area contributed by atoms with E-state index in [0.717, 1.165) is 42.7 Å². The summed E-state index contributed by atoms with van der Waals surface area (Å²) in [6.07, 6.45) is 9.31. The molecular weight excluding hydrogens is 330 g/mol. The lowest BCUT2D eigenvalue weighted by Gasteiger charge is -2.32. The van der Waals surface area contributed by atoms with E-state index >= 15 is 0 Å². The highest BCUT2D eigenvalue weighted by molar-refractivity contribution is 5.92. The summed E-state index contributed by atoms with van der Waals surface area (Å²) >= 11 is 0. The Morgan fingerprint density at radius 1 is 1.23 bits per heavy atom. The van der Waals surface area contributed by atoms with Crippen LogP contribution in [-0.4, -0.2) is 43.6 Å².